The SMILES string of the molecule is COC(=O)[C@@H](Cc1ccc(C)cc1)Sc1ncnc2nc[nH]c12. The zero-order chi connectivity index (χ0) is 16.2. The highest BCUT2D eigenvalue weighted by Crippen LogP contribution is 2.29. The number of aromatic amines is 1. The Kier molecular flexibility index (Phi) is 4.57. The maximum absolute atomic E-state index is 12.1. The van der Waals surface area contributed by atoms with Crippen LogP contribution in [0.1, 0.15) is 11.1 Å². The molecule has 0 spiro atoms. The van der Waals surface area contributed by atoms with Gasteiger partial charge in [-0.2, -0.15) is 0 Å². The number of hydrogen-bond donors (Lipinski definition) is 1. The van der Waals surface area contributed by atoms with Crippen LogP contribution < -0.4 is 0 Å². The van der Waals surface area contributed by atoms with E-state index in [1.165, 1.54) is 30.8 Å². The number of carbonyl (C=O) groups is 1. The van der Waals surface area contributed by atoms with Crippen LogP contribution in [0.2, 0.25) is 0 Å². The van der Waals surface area contributed by atoms with Crippen LogP contribution in [0.3, 0.4) is 0 Å². The largest absolute Gasteiger partial charge is 0.468 e. The minimum Gasteiger partial charge on any atom is -0.468 e. The monoisotopic (exact) mass is 328 g/mol. The van der Waals surface area contributed by atoms with Gasteiger partial charge in [-0.05, 0) is 18.9 Å². The number of carbonyl (C=O) groups excluding carboxylic acids is 1. The van der Waals surface area contributed by atoms with E-state index in [0.717, 1.165) is 11.1 Å². The molecule has 3 aromatic rings. The first-order valence-electron chi connectivity index (χ1n) is 7.11. The standard InChI is InChI=1S/C16H16N4O2S/c1-10-3-5-11(6-4-10)7-12(16(21)22-2)23-15-13-14(18-8-17-13)19-9-20-15/h3-6,8-9,12H,7H2,1-2H3,(H,17,18,19,20)/t12-/m1/s1. The molecule has 6 nitrogen and oxygen atoms in total. The average Bonchev–Trinajstić information content (AvgIpc) is 3.05. The van der Waals surface area contributed by atoms with Crippen LogP contribution in [0, 0.1) is 6.92 Å². The lowest BCUT2D eigenvalue weighted by molar-refractivity contribution is -0.139. The molecule has 0 radical (unpaired) electrons. The molecule has 1 N–H and O–H groups in total. The van der Waals surface area contributed by atoms with Crippen LogP contribution in [-0.4, -0.2) is 38.3 Å². The molecule has 2 heterocycles. The molecule has 0 fully saturated rings. The van der Waals surface area contributed by atoms with Gasteiger partial charge in [0, 0.05) is 0 Å². The number of hydrogen-bond acceptors (Lipinski definition) is 6. The van der Waals surface area contributed by atoms with Crippen molar-refractivity contribution in [3.8, 4) is 0 Å². The predicted molar refractivity (Wildman–Crippen MR) is 88.2 cm³/mol. The number of H-pyrrole nitrogens is 1. The molecular weight excluding hydrogens is 312 g/mol. The second kappa shape index (κ2) is 6.78. The molecular formula is C16H16N4O2S. The Balaban J connectivity index is 1.86. The van der Waals surface area contributed by atoms with Crippen molar-refractivity contribution in [2.75, 3.05) is 7.11 Å². The zero-order valence-electron chi connectivity index (χ0n) is 12.8. The molecule has 1 aromatic carbocycles. The van der Waals surface area contributed by atoms with Crippen LogP contribution in [-0.2, 0) is 16.0 Å². The van der Waals surface area contributed by atoms with E-state index < -0.39 is 0 Å². The minimum absolute atomic E-state index is 0.276. The summed E-state index contributed by atoms with van der Waals surface area (Å²) in [4.78, 5) is 27.6. The Morgan fingerprint density at radius 3 is 2.78 bits per heavy atom. The molecule has 0 saturated heterocycles. The third-order valence-corrected chi connectivity index (χ3v) is 4.62. The highest BCUT2D eigenvalue weighted by molar-refractivity contribution is 8.00. The van der Waals surface area contributed by atoms with Crippen molar-refractivity contribution >= 4 is 28.9 Å². The first kappa shape index (κ1) is 15.5. The second-order valence-electron chi connectivity index (χ2n) is 5.10. The van der Waals surface area contributed by atoms with Crippen molar-refractivity contribution in [1.82, 2.24) is 19.9 Å². The van der Waals surface area contributed by atoms with Gasteiger partial charge in [-0.3, -0.25) is 4.79 Å². The van der Waals surface area contributed by atoms with Crippen LogP contribution in [0.15, 0.2) is 41.9 Å². The number of thioether (sulfide) groups is 1. The Morgan fingerprint density at radius 2 is 2.04 bits per heavy atom. The van der Waals surface area contributed by atoms with Crippen molar-refractivity contribution in [2.24, 2.45) is 0 Å². The molecule has 23 heavy (non-hydrogen) atoms. The van der Waals surface area contributed by atoms with Gasteiger partial charge in [0.1, 0.15) is 22.1 Å². The summed E-state index contributed by atoms with van der Waals surface area (Å²) in [7, 11) is 1.40. The molecule has 118 valence electrons. The number of methoxy groups -OCH3 is 1. The number of imidazole rings is 1. The fraction of sp³-hybridized carbons (Fsp3) is 0.250. The van der Waals surface area contributed by atoms with E-state index in [9.17, 15) is 4.79 Å². The summed E-state index contributed by atoms with van der Waals surface area (Å²) in [5, 5.41) is 0.305. The summed E-state index contributed by atoms with van der Waals surface area (Å²) in [5.74, 6) is -0.276. The molecule has 0 bridgehead atoms. The van der Waals surface area contributed by atoms with E-state index >= 15 is 0 Å². The fourth-order valence-electron chi connectivity index (χ4n) is 2.21. The van der Waals surface area contributed by atoms with Gasteiger partial charge in [-0.25, -0.2) is 15.0 Å². The number of nitrogens with one attached hydrogen (secondary N) is 1. The predicted octanol–water partition coefficient (Wildman–Crippen LogP) is 2.54. The van der Waals surface area contributed by atoms with E-state index in [1.807, 2.05) is 31.2 Å². The van der Waals surface area contributed by atoms with Gasteiger partial charge in [0.05, 0.1) is 13.4 Å². The molecule has 1 atom stereocenters. The molecule has 0 aliphatic rings. The Hall–Kier alpha value is -2.41. The summed E-state index contributed by atoms with van der Waals surface area (Å²) in [6.45, 7) is 2.03. The van der Waals surface area contributed by atoms with E-state index in [1.54, 1.807) is 6.33 Å². The number of nitrogens with zero attached hydrogens (tertiary/aromatic N) is 3. The maximum Gasteiger partial charge on any atom is 0.319 e. The fourth-order valence-corrected chi connectivity index (χ4v) is 3.32. The normalized spacial score (nSPS) is 12.3. The van der Waals surface area contributed by atoms with Crippen LogP contribution in [0.25, 0.3) is 11.2 Å². The Labute approximate surface area is 137 Å². The summed E-state index contributed by atoms with van der Waals surface area (Å²) in [5.41, 5.74) is 3.58. The van der Waals surface area contributed by atoms with Crippen molar-refractivity contribution in [1.29, 1.82) is 0 Å². The molecule has 0 saturated carbocycles. The summed E-state index contributed by atoms with van der Waals surface area (Å²) < 4.78 is 4.95. The molecule has 0 unspecified atom stereocenters. The topological polar surface area (TPSA) is 80.8 Å². The maximum atomic E-state index is 12.1. The number of rotatable bonds is 5. The van der Waals surface area contributed by atoms with Crippen molar-refractivity contribution in [3.63, 3.8) is 0 Å². The summed E-state index contributed by atoms with van der Waals surface area (Å²) in [6.07, 6.45) is 3.58. The highest BCUT2D eigenvalue weighted by atomic mass is 32.2. The summed E-state index contributed by atoms with van der Waals surface area (Å²) in [6, 6.07) is 8.12. The van der Waals surface area contributed by atoms with Gasteiger partial charge < -0.3 is 9.72 Å². The Morgan fingerprint density at radius 1 is 1.26 bits per heavy atom. The average molecular weight is 328 g/mol. The van der Waals surface area contributed by atoms with Crippen LogP contribution in [0.4, 0.5) is 0 Å². The van der Waals surface area contributed by atoms with Gasteiger partial charge in [0.2, 0.25) is 0 Å². The van der Waals surface area contributed by atoms with Crippen molar-refractivity contribution < 1.29 is 9.53 Å². The third kappa shape index (κ3) is 3.50. The number of aromatic nitrogens is 4. The lowest BCUT2D eigenvalue weighted by Crippen LogP contribution is -2.21. The molecule has 2 aromatic heterocycles. The van der Waals surface area contributed by atoms with E-state index in [4.69, 9.17) is 4.74 Å². The minimum atomic E-state index is -0.385. The van der Waals surface area contributed by atoms with Gasteiger partial charge in [-0.15, -0.1) is 0 Å². The van der Waals surface area contributed by atoms with E-state index in [0.29, 0.717) is 17.1 Å². The number of fused-ring (bicyclic) bond motifs is 1. The van der Waals surface area contributed by atoms with Gasteiger partial charge in [-0.1, -0.05) is 41.6 Å². The Bertz CT molecular complexity index is 816. The molecule has 0 amide bonds. The van der Waals surface area contributed by atoms with Gasteiger partial charge in [0.25, 0.3) is 0 Å². The van der Waals surface area contributed by atoms with Crippen LogP contribution in [0.5, 0.6) is 0 Å². The lowest BCUT2D eigenvalue weighted by atomic mass is 10.1. The number of esters is 1. The molecule has 0 aliphatic heterocycles. The molecule has 3 rings (SSSR count). The molecule has 0 aliphatic carbocycles. The first-order valence-corrected chi connectivity index (χ1v) is 7.99. The summed E-state index contributed by atoms with van der Waals surface area (Å²) >= 11 is 1.36. The highest BCUT2D eigenvalue weighted by Gasteiger charge is 2.23. The van der Waals surface area contributed by atoms with Crippen molar-refractivity contribution in [2.45, 2.75) is 23.6 Å². The molecule has 7 heteroatoms. The lowest BCUT2D eigenvalue weighted by Gasteiger charge is -2.14. The number of aryl methyl sites for hydroxylation is 1. The van der Waals surface area contributed by atoms with E-state index in [2.05, 4.69) is 19.9 Å². The smallest absolute Gasteiger partial charge is 0.319 e. The van der Waals surface area contributed by atoms with E-state index in [-0.39, 0.29) is 11.2 Å². The van der Waals surface area contributed by atoms with Gasteiger partial charge >= 0.3 is 5.97 Å². The van der Waals surface area contributed by atoms with Crippen LogP contribution >= 0.6 is 11.8 Å². The quantitative estimate of drug-likeness (QED) is 0.440. The number of ether oxygens (including phenoxy) is 1. The third-order valence-electron chi connectivity index (χ3n) is 3.45. The van der Waals surface area contributed by atoms with Gasteiger partial charge in [0.15, 0.2) is 5.65 Å². The van der Waals surface area contributed by atoms with Crippen molar-refractivity contribution in [3.05, 3.63) is 48.0 Å². The first-order chi connectivity index (χ1) is 11.2. The number of benzene rings is 1. The second-order valence-corrected chi connectivity index (χ2v) is 6.29. The zero-order valence-corrected chi connectivity index (χ0v) is 13.6.